The van der Waals surface area contributed by atoms with Gasteiger partial charge in [-0.05, 0) is 145 Å². The molecule has 314 valence electrons. The first-order chi connectivity index (χ1) is 32.5. The highest BCUT2D eigenvalue weighted by molar-refractivity contribution is 6.03. The number of nitriles is 1. The highest BCUT2D eigenvalue weighted by atomic mass is 15.0. The summed E-state index contributed by atoms with van der Waals surface area (Å²) in [5.41, 5.74) is 11.8. The van der Waals surface area contributed by atoms with Crippen LogP contribution in [-0.2, 0) is 10.8 Å². The fourth-order valence-electron chi connectivity index (χ4n) is 13.2. The van der Waals surface area contributed by atoms with E-state index in [2.05, 4.69) is 152 Å². The maximum atomic E-state index is 9.47. The molecule has 0 amide bonds. The lowest BCUT2D eigenvalue weighted by Gasteiger charge is -2.63. The van der Waals surface area contributed by atoms with Crippen molar-refractivity contribution in [3.05, 3.63) is 211 Å². The van der Waals surface area contributed by atoms with Gasteiger partial charge in [-0.2, -0.15) is 5.26 Å². The summed E-state index contributed by atoms with van der Waals surface area (Å²) < 4.78 is 0. The molecule has 1 aromatic heterocycles. The molecule has 14 rings (SSSR count). The second-order valence-electron chi connectivity index (χ2n) is 19.4. The molecule has 4 aliphatic rings. The average molecular weight is 847 g/mol. The van der Waals surface area contributed by atoms with Crippen LogP contribution in [0.3, 0.4) is 0 Å². The number of rotatable bonds is 7. The van der Waals surface area contributed by atoms with Gasteiger partial charge in [0, 0.05) is 16.7 Å². The van der Waals surface area contributed by atoms with Crippen LogP contribution in [0.1, 0.15) is 55.2 Å². The third-order valence-electron chi connectivity index (χ3n) is 15.5. The lowest BCUT2D eigenvalue weighted by Crippen LogP contribution is -2.56. The molecule has 4 nitrogen and oxygen atoms in total. The van der Waals surface area contributed by atoms with Gasteiger partial charge in [-0.15, -0.1) is 0 Å². The van der Waals surface area contributed by atoms with E-state index in [-0.39, 0.29) is 10.8 Å². The molecule has 4 aliphatic carbocycles. The molecule has 4 heteroatoms. The molecule has 0 saturated heterocycles. The Morgan fingerprint density at radius 3 is 1.45 bits per heavy atom. The van der Waals surface area contributed by atoms with Crippen molar-refractivity contribution >= 4 is 32.3 Å². The van der Waals surface area contributed by atoms with Gasteiger partial charge in [0.15, 0.2) is 17.5 Å². The summed E-state index contributed by atoms with van der Waals surface area (Å²) >= 11 is 0. The molecule has 0 aliphatic heterocycles. The molecule has 4 fully saturated rings. The van der Waals surface area contributed by atoms with E-state index in [4.69, 9.17) is 15.0 Å². The lowest BCUT2D eigenvalue weighted by molar-refractivity contribution is -0.0268. The number of aromatic nitrogens is 3. The Morgan fingerprint density at radius 2 is 0.894 bits per heavy atom. The molecule has 0 radical (unpaired) electrons. The highest BCUT2D eigenvalue weighted by Gasteiger charge is 2.59. The van der Waals surface area contributed by atoms with Crippen LogP contribution < -0.4 is 0 Å². The van der Waals surface area contributed by atoms with Gasteiger partial charge in [0.25, 0.3) is 0 Å². The second-order valence-corrected chi connectivity index (χ2v) is 19.4. The zero-order valence-electron chi connectivity index (χ0n) is 36.7. The van der Waals surface area contributed by atoms with Crippen LogP contribution in [0.2, 0.25) is 0 Å². The van der Waals surface area contributed by atoms with Crippen molar-refractivity contribution in [2.24, 2.45) is 11.8 Å². The summed E-state index contributed by atoms with van der Waals surface area (Å²) in [6.07, 6.45) is 7.61. The summed E-state index contributed by atoms with van der Waals surface area (Å²) in [5, 5.41) is 17.2. The fourth-order valence-corrected chi connectivity index (χ4v) is 13.2. The van der Waals surface area contributed by atoms with Gasteiger partial charge in [0.1, 0.15) is 0 Å². The molecular weight excluding hydrogens is 801 g/mol. The van der Waals surface area contributed by atoms with Crippen LogP contribution in [0, 0.1) is 23.2 Å². The van der Waals surface area contributed by atoms with Crippen LogP contribution in [0.5, 0.6) is 0 Å². The first kappa shape index (κ1) is 38.7. The molecule has 0 spiro atoms. The van der Waals surface area contributed by atoms with Gasteiger partial charge in [0.2, 0.25) is 0 Å². The predicted octanol–water partition coefficient (Wildman–Crippen LogP) is 15.3. The van der Waals surface area contributed by atoms with Gasteiger partial charge in [-0.3, -0.25) is 0 Å². The number of hydrogen-bond donors (Lipinski definition) is 0. The van der Waals surface area contributed by atoms with Crippen molar-refractivity contribution in [1.29, 1.82) is 5.26 Å². The molecule has 4 bridgehead atoms. The van der Waals surface area contributed by atoms with E-state index in [0.29, 0.717) is 34.9 Å². The Bertz CT molecular complexity index is 3500. The zero-order valence-corrected chi connectivity index (χ0v) is 36.7. The summed E-state index contributed by atoms with van der Waals surface area (Å²) in [6.45, 7) is 0. The highest BCUT2D eigenvalue weighted by Crippen LogP contribution is 2.67. The van der Waals surface area contributed by atoms with Crippen LogP contribution >= 0.6 is 0 Å². The summed E-state index contributed by atoms with van der Waals surface area (Å²) in [7, 11) is 0. The van der Waals surface area contributed by atoms with Gasteiger partial charge in [0.05, 0.1) is 11.6 Å². The Hall–Kier alpha value is -7.74. The predicted molar refractivity (Wildman–Crippen MR) is 269 cm³/mol. The monoisotopic (exact) mass is 846 g/mol. The average Bonchev–Trinajstić information content (AvgIpc) is 3.37. The zero-order chi connectivity index (χ0) is 43.8. The standard InChI is InChI=1S/C62H46N4/c63-38-40-22-24-43(25-23-40)48-28-30-56(53-19-9-7-17-51(48)53)61-34-41-32-42(35-61)37-62(36-41,39-61)57-31-29-49(52-18-8-10-20-54(52)57)47-26-27-50-46(33-47)16-11-21-55(50)60-65-58(44-12-3-1-4-13-44)64-59(66-60)45-14-5-2-6-15-45/h1-31,33,41-42H,32,34-37,39H2. The largest absolute Gasteiger partial charge is 0.208 e. The van der Waals surface area contributed by atoms with Crippen molar-refractivity contribution in [2.45, 2.75) is 49.4 Å². The molecule has 4 saturated carbocycles. The van der Waals surface area contributed by atoms with Crippen molar-refractivity contribution < 1.29 is 0 Å². The van der Waals surface area contributed by atoms with E-state index in [1.807, 2.05) is 48.5 Å². The third kappa shape index (κ3) is 6.29. The van der Waals surface area contributed by atoms with Crippen molar-refractivity contribution in [2.75, 3.05) is 0 Å². The van der Waals surface area contributed by atoms with Crippen molar-refractivity contribution in [3.63, 3.8) is 0 Å². The fraction of sp³-hybridized carbons (Fsp3) is 0.161. The van der Waals surface area contributed by atoms with E-state index in [9.17, 15) is 5.26 Å². The summed E-state index contributed by atoms with van der Waals surface area (Å²) in [4.78, 5) is 15.1. The van der Waals surface area contributed by atoms with Gasteiger partial charge in [-0.1, -0.05) is 176 Å². The normalized spacial score (nSPS) is 20.8. The maximum absolute atomic E-state index is 9.47. The topological polar surface area (TPSA) is 62.5 Å². The van der Waals surface area contributed by atoms with E-state index in [0.717, 1.165) is 33.0 Å². The second kappa shape index (κ2) is 15.2. The van der Waals surface area contributed by atoms with E-state index in [1.165, 1.54) is 82.3 Å². The molecule has 66 heavy (non-hydrogen) atoms. The van der Waals surface area contributed by atoms with Gasteiger partial charge < -0.3 is 0 Å². The Morgan fingerprint density at radius 1 is 0.394 bits per heavy atom. The molecule has 0 N–H and O–H groups in total. The first-order valence-corrected chi connectivity index (χ1v) is 23.5. The minimum Gasteiger partial charge on any atom is -0.208 e. The summed E-state index contributed by atoms with van der Waals surface area (Å²) in [5.74, 6) is 3.42. The third-order valence-corrected chi connectivity index (χ3v) is 15.5. The lowest BCUT2D eigenvalue weighted by atomic mass is 9.41. The van der Waals surface area contributed by atoms with E-state index >= 15 is 0 Å². The van der Waals surface area contributed by atoms with Crippen LogP contribution in [-0.4, -0.2) is 15.0 Å². The van der Waals surface area contributed by atoms with E-state index < -0.39 is 0 Å². The van der Waals surface area contributed by atoms with Crippen LogP contribution in [0.15, 0.2) is 194 Å². The van der Waals surface area contributed by atoms with Crippen molar-refractivity contribution in [1.82, 2.24) is 15.0 Å². The molecule has 9 aromatic carbocycles. The number of nitrogens with zero attached hydrogens (tertiary/aromatic N) is 4. The quantitative estimate of drug-likeness (QED) is 0.160. The Labute approximate surface area is 385 Å². The summed E-state index contributed by atoms with van der Waals surface area (Å²) in [6, 6.07) is 72.2. The van der Waals surface area contributed by atoms with Crippen molar-refractivity contribution in [3.8, 4) is 62.5 Å². The van der Waals surface area contributed by atoms with Crippen LogP contribution in [0.25, 0.3) is 88.7 Å². The molecule has 1 heterocycles. The van der Waals surface area contributed by atoms with Crippen LogP contribution in [0.4, 0.5) is 0 Å². The molecule has 2 atom stereocenters. The SMILES string of the molecule is N#Cc1ccc(-c2ccc(C34CC5CC(C3)CC(c3ccc(-c6ccc7c(-c8nc(-c9ccccc9)nc(-c9ccccc9)n8)cccc7c6)c6ccccc36)(C5)C4)c3ccccc23)cc1. The van der Waals surface area contributed by atoms with Gasteiger partial charge in [-0.25, -0.2) is 15.0 Å². The number of fused-ring (bicyclic) bond motifs is 3. The Balaban J connectivity index is 0.890. The smallest absolute Gasteiger partial charge is 0.164 e. The van der Waals surface area contributed by atoms with E-state index in [1.54, 1.807) is 5.56 Å². The molecule has 2 unspecified atom stereocenters. The number of benzene rings is 9. The molecule has 10 aromatic rings. The minimum absolute atomic E-state index is 0.120. The number of hydrogen-bond acceptors (Lipinski definition) is 4. The Kier molecular flexibility index (Phi) is 8.90. The first-order valence-electron chi connectivity index (χ1n) is 23.5. The maximum Gasteiger partial charge on any atom is 0.164 e. The minimum atomic E-state index is 0.120. The van der Waals surface area contributed by atoms with Gasteiger partial charge >= 0.3 is 0 Å². The molecular formula is C62H46N4.